The summed E-state index contributed by atoms with van der Waals surface area (Å²) in [4.78, 5) is 0. The van der Waals surface area contributed by atoms with E-state index in [4.69, 9.17) is 0 Å². The van der Waals surface area contributed by atoms with Gasteiger partial charge in [-0.05, 0) is 30.6 Å². The first-order valence-electron chi connectivity index (χ1n) is 4.73. The number of alkyl halides is 1. The van der Waals surface area contributed by atoms with Gasteiger partial charge in [0.2, 0.25) is 0 Å². The summed E-state index contributed by atoms with van der Waals surface area (Å²) >= 11 is 0. The summed E-state index contributed by atoms with van der Waals surface area (Å²) in [5.41, 5.74) is 0.185. The molecule has 0 bridgehead atoms. The molecule has 0 aromatic rings. The third kappa shape index (κ3) is 2.19. The summed E-state index contributed by atoms with van der Waals surface area (Å²) in [5, 5.41) is 9.19. The molecule has 1 aliphatic carbocycles. The molecule has 12 heavy (non-hydrogen) atoms. The Balaban J connectivity index is 2.51. The van der Waals surface area contributed by atoms with Gasteiger partial charge in [0, 0.05) is 0 Å². The molecule has 0 spiro atoms. The van der Waals surface area contributed by atoms with Crippen molar-refractivity contribution in [2.45, 2.75) is 52.3 Å². The highest BCUT2D eigenvalue weighted by molar-refractivity contribution is 4.85. The number of hydrogen-bond acceptors (Lipinski definition) is 1. The number of rotatable bonds is 0. The van der Waals surface area contributed by atoms with Gasteiger partial charge in [0.05, 0.1) is 6.10 Å². The Morgan fingerprint density at radius 3 is 2.25 bits per heavy atom. The molecule has 0 aromatic carbocycles. The van der Waals surface area contributed by atoms with Gasteiger partial charge < -0.3 is 5.11 Å². The van der Waals surface area contributed by atoms with Crippen molar-refractivity contribution in [2.24, 2.45) is 11.3 Å². The maximum Gasteiger partial charge on any atom is 0.126 e. The largest absolute Gasteiger partial charge is 0.390 e. The summed E-state index contributed by atoms with van der Waals surface area (Å²) < 4.78 is 13.1. The van der Waals surface area contributed by atoms with Gasteiger partial charge in [-0.2, -0.15) is 0 Å². The van der Waals surface area contributed by atoms with Crippen molar-refractivity contribution in [3.05, 3.63) is 0 Å². The number of aliphatic hydroxyl groups excluding tert-OH is 1. The van der Waals surface area contributed by atoms with Crippen LogP contribution in [0.5, 0.6) is 0 Å². The van der Waals surface area contributed by atoms with Crippen molar-refractivity contribution in [1.29, 1.82) is 0 Å². The van der Waals surface area contributed by atoms with Gasteiger partial charge in [0.1, 0.15) is 6.17 Å². The molecule has 3 atom stereocenters. The highest BCUT2D eigenvalue weighted by atomic mass is 19.1. The van der Waals surface area contributed by atoms with E-state index in [0.29, 0.717) is 18.8 Å². The fraction of sp³-hybridized carbons (Fsp3) is 1.00. The highest BCUT2D eigenvalue weighted by Crippen LogP contribution is 2.38. The standard InChI is InChI=1S/C10H19FO/c1-10(2,3)7-4-5-9(12)8(11)6-7/h7-9,12H,4-6H2,1-3H3. The Bertz CT molecular complexity index is 150. The van der Waals surface area contributed by atoms with Crippen LogP contribution in [0.3, 0.4) is 0 Å². The van der Waals surface area contributed by atoms with Gasteiger partial charge in [-0.15, -0.1) is 0 Å². The van der Waals surface area contributed by atoms with Crippen molar-refractivity contribution >= 4 is 0 Å². The molecule has 1 N–H and O–H groups in total. The predicted octanol–water partition coefficient (Wildman–Crippen LogP) is 2.53. The average Bonchev–Trinajstić information content (AvgIpc) is 1.92. The Morgan fingerprint density at radius 1 is 1.25 bits per heavy atom. The SMILES string of the molecule is CC(C)(C)C1CCC(O)C(F)C1. The second-order valence-electron chi connectivity index (χ2n) is 4.96. The molecule has 0 saturated heterocycles. The van der Waals surface area contributed by atoms with E-state index in [9.17, 15) is 9.50 Å². The highest BCUT2D eigenvalue weighted by Gasteiger charge is 2.34. The fourth-order valence-electron chi connectivity index (χ4n) is 1.89. The number of hydrogen-bond donors (Lipinski definition) is 1. The van der Waals surface area contributed by atoms with Gasteiger partial charge in [-0.1, -0.05) is 20.8 Å². The van der Waals surface area contributed by atoms with Crippen LogP contribution in [0.4, 0.5) is 4.39 Å². The van der Waals surface area contributed by atoms with E-state index in [-0.39, 0.29) is 5.41 Å². The maximum atomic E-state index is 13.1. The van der Waals surface area contributed by atoms with Crippen LogP contribution in [-0.4, -0.2) is 17.4 Å². The summed E-state index contributed by atoms with van der Waals surface area (Å²) in [6, 6.07) is 0. The van der Waals surface area contributed by atoms with Crippen molar-refractivity contribution in [3.8, 4) is 0 Å². The van der Waals surface area contributed by atoms with Gasteiger partial charge in [-0.3, -0.25) is 0 Å². The molecule has 3 unspecified atom stereocenters. The molecular formula is C10H19FO. The van der Waals surface area contributed by atoms with Crippen LogP contribution in [-0.2, 0) is 0 Å². The Kier molecular flexibility index (Phi) is 2.77. The Morgan fingerprint density at radius 2 is 1.83 bits per heavy atom. The minimum Gasteiger partial charge on any atom is -0.390 e. The first kappa shape index (κ1) is 9.97. The molecule has 0 amide bonds. The molecule has 1 saturated carbocycles. The maximum absolute atomic E-state index is 13.1. The average molecular weight is 174 g/mol. The summed E-state index contributed by atoms with van der Waals surface area (Å²) in [5.74, 6) is 0.427. The smallest absolute Gasteiger partial charge is 0.126 e. The zero-order valence-corrected chi connectivity index (χ0v) is 8.18. The van der Waals surface area contributed by atoms with Crippen LogP contribution in [0.25, 0.3) is 0 Å². The van der Waals surface area contributed by atoms with Crippen LogP contribution < -0.4 is 0 Å². The molecule has 1 aliphatic rings. The second-order valence-corrected chi connectivity index (χ2v) is 4.96. The summed E-state index contributed by atoms with van der Waals surface area (Å²) in [6.07, 6.45) is 0.422. The van der Waals surface area contributed by atoms with E-state index in [1.165, 1.54) is 0 Å². The molecule has 0 aromatic heterocycles. The lowest BCUT2D eigenvalue weighted by molar-refractivity contribution is 0.000313. The topological polar surface area (TPSA) is 20.2 Å². The van der Waals surface area contributed by atoms with Gasteiger partial charge in [0.15, 0.2) is 0 Å². The Hall–Kier alpha value is -0.110. The summed E-state index contributed by atoms with van der Waals surface area (Å²) in [6.45, 7) is 6.42. The normalized spacial score (nSPS) is 38.2. The van der Waals surface area contributed by atoms with Crippen LogP contribution in [0, 0.1) is 11.3 Å². The second kappa shape index (κ2) is 3.33. The summed E-state index contributed by atoms with van der Waals surface area (Å²) in [7, 11) is 0. The van der Waals surface area contributed by atoms with E-state index in [1.807, 2.05) is 0 Å². The van der Waals surface area contributed by atoms with Gasteiger partial charge in [-0.25, -0.2) is 4.39 Å². The number of halogens is 1. The van der Waals surface area contributed by atoms with Crippen molar-refractivity contribution < 1.29 is 9.50 Å². The van der Waals surface area contributed by atoms with E-state index >= 15 is 0 Å². The quantitative estimate of drug-likeness (QED) is 0.598. The van der Waals surface area contributed by atoms with E-state index in [2.05, 4.69) is 20.8 Å². The first-order chi connectivity index (χ1) is 5.41. The number of aliphatic hydroxyl groups is 1. The molecule has 0 aliphatic heterocycles. The third-order valence-corrected chi connectivity index (χ3v) is 2.96. The third-order valence-electron chi connectivity index (χ3n) is 2.96. The first-order valence-corrected chi connectivity index (χ1v) is 4.73. The zero-order chi connectivity index (χ0) is 9.35. The minimum absolute atomic E-state index is 0.185. The van der Waals surface area contributed by atoms with Crippen LogP contribution in [0.15, 0.2) is 0 Å². The van der Waals surface area contributed by atoms with E-state index < -0.39 is 12.3 Å². The molecule has 2 heteroatoms. The minimum atomic E-state index is -0.997. The molecule has 0 heterocycles. The zero-order valence-electron chi connectivity index (χ0n) is 8.18. The lowest BCUT2D eigenvalue weighted by atomic mass is 9.71. The van der Waals surface area contributed by atoms with Gasteiger partial charge >= 0.3 is 0 Å². The molecule has 1 nitrogen and oxygen atoms in total. The van der Waals surface area contributed by atoms with Crippen LogP contribution >= 0.6 is 0 Å². The lowest BCUT2D eigenvalue weighted by Crippen LogP contribution is -2.35. The van der Waals surface area contributed by atoms with Crippen molar-refractivity contribution in [3.63, 3.8) is 0 Å². The lowest BCUT2D eigenvalue weighted by Gasteiger charge is -2.37. The van der Waals surface area contributed by atoms with Gasteiger partial charge in [0.25, 0.3) is 0 Å². The van der Waals surface area contributed by atoms with Crippen LogP contribution in [0.2, 0.25) is 0 Å². The fourth-order valence-corrected chi connectivity index (χ4v) is 1.89. The predicted molar refractivity (Wildman–Crippen MR) is 47.7 cm³/mol. The Labute approximate surface area is 74.0 Å². The molecule has 1 fully saturated rings. The van der Waals surface area contributed by atoms with Crippen molar-refractivity contribution in [2.75, 3.05) is 0 Å². The monoisotopic (exact) mass is 174 g/mol. The molecule has 1 rings (SSSR count). The molecular weight excluding hydrogens is 155 g/mol. The van der Waals surface area contributed by atoms with E-state index in [1.54, 1.807) is 0 Å². The molecule has 0 radical (unpaired) electrons. The molecule has 72 valence electrons. The van der Waals surface area contributed by atoms with Crippen LogP contribution in [0.1, 0.15) is 40.0 Å². The van der Waals surface area contributed by atoms with E-state index in [0.717, 1.165) is 6.42 Å². The van der Waals surface area contributed by atoms with Crippen molar-refractivity contribution in [1.82, 2.24) is 0 Å².